The maximum absolute atomic E-state index is 12.7. The molecule has 0 heterocycles. The minimum Gasteiger partial charge on any atom is -0.310 e. The van der Waals surface area contributed by atoms with E-state index >= 15 is 0 Å². The number of rotatable bonds is 5. The molecule has 1 rings (SSSR count). The summed E-state index contributed by atoms with van der Waals surface area (Å²) >= 11 is 3.30. The van der Waals surface area contributed by atoms with Gasteiger partial charge in [0.1, 0.15) is 0 Å². The standard InChI is InChI=1S/C14H15BrF3N/c1-3-5-6-13(19-4-2)11-9-10(14(16,17)18)7-8-12(11)15/h1,7-9,13,19H,4-6H2,2H3. The van der Waals surface area contributed by atoms with E-state index < -0.39 is 11.7 Å². The van der Waals surface area contributed by atoms with Crippen LogP contribution in [-0.2, 0) is 6.18 Å². The van der Waals surface area contributed by atoms with Crippen molar-refractivity contribution >= 4 is 15.9 Å². The van der Waals surface area contributed by atoms with Crippen molar-refractivity contribution in [2.75, 3.05) is 6.54 Å². The van der Waals surface area contributed by atoms with Crippen molar-refractivity contribution in [2.24, 2.45) is 0 Å². The Balaban J connectivity index is 3.10. The van der Waals surface area contributed by atoms with E-state index in [2.05, 4.69) is 27.2 Å². The van der Waals surface area contributed by atoms with Crippen LogP contribution in [0.3, 0.4) is 0 Å². The Kier molecular flexibility index (Phi) is 5.89. The van der Waals surface area contributed by atoms with E-state index in [-0.39, 0.29) is 6.04 Å². The van der Waals surface area contributed by atoms with Gasteiger partial charge in [-0.05, 0) is 36.7 Å². The summed E-state index contributed by atoms with van der Waals surface area (Å²) in [6.45, 7) is 2.57. The van der Waals surface area contributed by atoms with Crippen LogP contribution >= 0.6 is 15.9 Å². The fourth-order valence-corrected chi connectivity index (χ4v) is 2.35. The fraction of sp³-hybridized carbons (Fsp3) is 0.429. The number of hydrogen-bond acceptors (Lipinski definition) is 1. The fourth-order valence-electron chi connectivity index (χ4n) is 1.83. The molecule has 0 saturated heterocycles. The summed E-state index contributed by atoms with van der Waals surface area (Å²) in [4.78, 5) is 0. The molecule has 0 radical (unpaired) electrons. The molecular weight excluding hydrogens is 319 g/mol. The third-order valence-electron chi connectivity index (χ3n) is 2.73. The zero-order valence-corrected chi connectivity index (χ0v) is 12.1. The molecule has 1 aromatic rings. The number of alkyl halides is 3. The molecule has 0 saturated carbocycles. The van der Waals surface area contributed by atoms with Crippen molar-refractivity contribution in [3.8, 4) is 12.3 Å². The summed E-state index contributed by atoms with van der Waals surface area (Å²) in [6.07, 6.45) is 2.00. The molecule has 19 heavy (non-hydrogen) atoms. The van der Waals surface area contributed by atoms with E-state index in [1.807, 2.05) is 6.92 Å². The molecule has 1 N–H and O–H groups in total. The number of benzene rings is 1. The van der Waals surface area contributed by atoms with Crippen molar-refractivity contribution in [2.45, 2.75) is 32.0 Å². The lowest BCUT2D eigenvalue weighted by Crippen LogP contribution is -2.21. The van der Waals surface area contributed by atoms with Crippen LogP contribution in [0.4, 0.5) is 13.2 Å². The molecule has 0 fully saturated rings. The second kappa shape index (κ2) is 6.97. The lowest BCUT2D eigenvalue weighted by Gasteiger charge is -2.20. The van der Waals surface area contributed by atoms with Gasteiger partial charge in [-0.15, -0.1) is 12.3 Å². The van der Waals surface area contributed by atoms with Crippen molar-refractivity contribution in [3.63, 3.8) is 0 Å². The van der Waals surface area contributed by atoms with Gasteiger partial charge in [0.2, 0.25) is 0 Å². The molecule has 0 spiro atoms. The lowest BCUT2D eigenvalue weighted by atomic mass is 9.99. The normalized spacial score (nSPS) is 13.1. The van der Waals surface area contributed by atoms with E-state index in [0.29, 0.717) is 29.4 Å². The van der Waals surface area contributed by atoms with Crippen molar-refractivity contribution in [1.29, 1.82) is 0 Å². The van der Waals surface area contributed by atoms with Gasteiger partial charge in [0.25, 0.3) is 0 Å². The first-order chi connectivity index (χ1) is 8.90. The van der Waals surface area contributed by atoms with Gasteiger partial charge >= 0.3 is 6.18 Å². The molecule has 1 nitrogen and oxygen atoms in total. The van der Waals surface area contributed by atoms with Crippen LogP contribution in [0.2, 0.25) is 0 Å². The molecule has 1 atom stereocenters. The van der Waals surface area contributed by atoms with E-state index in [0.717, 1.165) is 6.07 Å². The average molecular weight is 334 g/mol. The van der Waals surface area contributed by atoms with Crippen molar-refractivity contribution in [3.05, 3.63) is 33.8 Å². The summed E-state index contributed by atoms with van der Waals surface area (Å²) in [6, 6.07) is 3.49. The molecule has 1 aromatic carbocycles. The van der Waals surface area contributed by atoms with E-state index in [1.54, 1.807) is 0 Å². The molecule has 0 aliphatic heterocycles. The summed E-state index contributed by atoms with van der Waals surface area (Å²) < 4.78 is 38.9. The summed E-state index contributed by atoms with van der Waals surface area (Å²) in [5.41, 5.74) is -0.0544. The first-order valence-electron chi connectivity index (χ1n) is 5.93. The molecular formula is C14H15BrF3N. The first-order valence-corrected chi connectivity index (χ1v) is 6.73. The molecule has 0 aliphatic rings. The van der Waals surface area contributed by atoms with Gasteiger partial charge in [-0.2, -0.15) is 13.2 Å². The van der Waals surface area contributed by atoms with Crippen molar-refractivity contribution in [1.82, 2.24) is 5.32 Å². The number of terminal acetylenes is 1. The average Bonchev–Trinajstić information content (AvgIpc) is 2.34. The highest BCUT2D eigenvalue weighted by Gasteiger charge is 2.31. The highest BCUT2D eigenvalue weighted by molar-refractivity contribution is 9.10. The van der Waals surface area contributed by atoms with Gasteiger partial charge in [0, 0.05) is 16.9 Å². The first kappa shape index (κ1) is 16.1. The minimum absolute atomic E-state index is 0.183. The third-order valence-corrected chi connectivity index (χ3v) is 3.45. The van der Waals surface area contributed by atoms with Crippen LogP contribution in [0.5, 0.6) is 0 Å². The molecule has 0 bridgehead atoms. The summed E-state index contributed by atoms with van der Waals surface area (Å²) in [7, 11) is 0. The zero-order valence-electron chi connectivity index (χ0n) is 10.5. The maximum Gasteiger partial charge on any atom is 0.416 e. The van der Waals surface area contributed by atoms with Gasteiger partial charge in [0.05, 0.1) is 5.56 Å². The summed E-state index contributed by atoms with van der Waals surface area (Å²) in [5, 5.41) is 3.16. The monoisotopic (exact) mass is 333 g/mol. The second-order valence-electron chi connectivity index (χ2n) is 4.09. The van der Waals surface area contributed by atoms with Crippen molar-refractivity contribution < 1.29 is 13.2 Å². The second-order valence-corrected chi connectivity index (χ2v) is 4.94. The van der Waals surface area contributed by atoms with Crippen LogP contribution in [0.1, 0.15) is 36.9 Å². The van der Waals surface area contributed by atoms with Crippen LogP contribution < -0.4 is 5.32 Å². The largest absolute Gasteiger partial charge is 0.416 e. The number of hydrogen-bond donors (Lipinski definition) is 1. The molecule has 5 heteroatoms. The SMILES string of the molecule is C#CCCC(NCC)c1cc(C(F)(F)F)ccc1Br. The van der Waals surface area contributed by atoms with E-state index in [1.165, 1.54) is 12.1 Å². The van der Waals surface area contributed by atoms with Crippen LogP contribution in [0.25, 0.3) is 0 Å². The molecule has 0 amide bonds. The highest BCUT2D eigenvalue weighted by Crippen LogP contribution is 2.34. The lowest BCUT2D eigenvalue weighted by molar-refractivity contribution is -0.137. The van der Waals surface area contributed by atoms with Gasteiger partial charge < -0.3 is 5.32 Å². The molecule has 0 aromatic heterocycles. The Morgan fingerprint density at radius 3 is 2.63 bits per heavy atom. The molecule has 0 aliphatic carbocycles. The number of nitrogens with one attached hydrogen (secondary N) is 1. The minimum atomic E-state index is -4.33. The van der Waals surface area contributed by atoms with Gasteiger partial charge in [0.15, 0.2) is 0 Å². The predicted octanol–water partition coefficient (Wildman–Crippen LogP) is 4.53. The maximum atomic E-state index is 12.7. The highest BCUT2D eigenvalue weighted by atomic mass is 79.9. The molecule has 1 unspecified atom stereocenters. The third kappa shape index (κ3) is 4.55. The summed E-state index contributed by atoms with van der Waals surface area (Å²) in [5.74, 6) is 2.51. The van der Waals surface area contributed by atoms with Gasteiger partial charge in [-0.1, -0.05) is 22.9 Å². The Bertz CT molecular complexity index is 463. The van der Waals surface area contributed by atoms with E-state index in [9.17, 15) is 13.2 Å². The topological polar surface area (TPSA) is 12.0 Å². The Morgan fingerprint density at radius 1 is 1.42 bits per heavy atom. The Labute approximate surface area is 119 Å². The predicted molar refractivity (Wildman–Crippen MR) is 73.6 cm³/mol. The quantitative estimate of drug-likeness (QED) is 0.780. The smallest absolute Gasteiger partial charge is 0.310 e. The van der Waals surface area contributed by atoms with Crippen LogP contribution in [-0.4, -0.2) is 6.54 Å². The molecule has 104 valence electrons. The Morgan fingerprint density at radius 2 is 2.11 bits per heavy atom. The van der Waals surface area contributed by atoms with E-state index in [4.69, 9.17) is 6.42 Å². The van der Waals surface area contributed by atoms with Gasteiger partial charge in [-0.25, -0.2) is 0 Å². The van der Waals surface area contributed by atoms with Crippen LogP contribution in [0, 0.1) is 12.3 Å². The van der Waals surface area contributed by atoms with Gasteiger partial charge in [-0.3, -0.25) is 0 Å². The number of halogens is 4. The van der Waals surface area contributed by atoms with Crippen LogP contribution in [0.15, 0.2) is 22.7 Å². The Hall–Kier alpha value is -0.990. The zero-order chi connectivity index (χ0) is 14.5.